The molecule has 0 aliphatic heterocycles. The zero-order valence-electron chi connectivity index (χ0n) is 8.24. The van der Waals surface area contributed by atoms with Gasteiger partial charge in [-0.15, -0.1) is 0 Å². The summed E-state index contributed by atoms with van der Waals surface area (Å²) in [5.41, 5.74) is 2.05. The lowest BCUT2D eigenvalue weighted by molar-refractivity contribution is 0.680. The van der Waals surface area contributed by atoms with Crippen LogP contribution in [-0.4, -0.2) is 9.78 Å². The molecule has 0 unspecified atom stereocenters. The Hall–Kier alpha value is -0.990. The summed E-state index contributed by atoms with van der Waals surface area (Å²) in [5.74, 6) is 0. The molecule has 1 aromatic carbocycles. The standard InChI is InChI=1S/C11H10Cl2N2/c1-8-6-11(13)15(14-8)7-9-2-4-10(12)5-3-9/h2-6H,7H2,1H3. The Kier molecular flexibility index (Phi) is 2.98. The zero-order valence-corrected chi connectivity index (χ0v) is 9.76. The maximum Gasteiger partial charge on any atom is 0.127 e. The molecule has 0 saturated heterocycles. The average Bonchev–Trinajstić information content (AvgIpc) is 2.49. The SMILES string of the molecule is Cc1cc(Cl)n(Cc2ccc(Cl)cc2)n1. The molecule has 0 amide bonds. The number of nitrogens with zero attached hydrogens (tertiary/aromatic N) is 2. The monoisotopic (exact) mass is 240 g/mol. The molecular formula is C11H10Cl2N2. The number of halogens is 2. The van der Waals surface area contributed by atoms with Crippen molar-refractivity contribution in [3.8, 4) is 0 Å². The van der Waals surface area contributed by atoms with Gasteiger partial charge in [-0.25, -0.2) is 4.68 Å². The van der Waals surface area contributed by atoms with Gasteiger partial charge < -0.3 is 0 Å². The van der Waals surface area contributed by atoms with Gasteiger partial charge in [0.25, 0.3) is 0 Å². The van der Waals surface area contributed by atoms with Gasteiger partial charge in [-0.1, -0.05) is 35.3 Å². The van der Waals surface area contributed by atoms with Crippen molar-refractivity contribution in [2.75, 3.05) is 0 Å². The van der Waals surface area contributed by atoms with Gasteiger partial charge in [-0.05, 0) is 30.7 Å². The van der Waals surface area contributed by atoms with Crippen molar-refractivity contribution < 1.29 is 0 Å². The second kappa shape index (κ2) is 4.25. The topological polar surface area (TPSA) is 17.8 Å². The molecule has 0 atom stereocenters. The molecule has 0 aliphatic rings. The van der Waals surface area contributed by atoms with E-state index in [1.807, 2.05) is 37.3 Å². The summed E-state index contributed by atoms with van der Waals surface area (Å²) >= 11 is 11.8. The van der Waals surface area contributed by atoms with Crippen LogP contribution in [0.4, 0.5) is 0 Å². The maximum absolute atomic E-state index is 6.00. The highest BCUT2D eigenvalue weighted by Crippen LogP contribution is 2.14. The average molecular weight is 241 g/mol. The molecule has 0 aliphatic carbocycles. The summed E-state index contributed by atoms with van der Waals surface area (Å²) in [6.45, 7) is 2.59. The van der Waals surface area contributed by atoms with Gasteiger partial charge in [0, 0.05) is 5.02 Å². The maximum atomic E-state index is 6.00. The third-order valence-electron chi connectivity index (χ3n) is 2.10. The van der Waals surface area contributed by atoms with Crippen LogP contribution in [0.15, 0.2) is 30.3 Å². The van der Waals surface area contributed by atoms with Crippen molar-refractivity contribution in [2.24, 2.45) is 0 Å². The third-order valence-corrected chi connectivity index (χ3v) is 2.65. The van der Waals surface area contributed by atoms with Crippen molar-refractivity contribution >= 4 is 23.2 Å². The lowest BCUT2D eigenvalue weighted by atomic mass is 10.2. The third kappa shape index (κ3) is 2.52. The van der Waals surface area contributed by atoms with E-state index in [4.69, 9.17) is 23.2 Å². The molecule has 78 valence electrons. The van der Waals surface area contributed by atoms with Crippen molar-refractivity contribution in [2.45, 2.75) is 13.5 Å². The molecule has 2 rings (SSSR count). The van der Waals surface area contributed by atoms with Crippen LogP contribution in [0.5, 0.6) is 0 Å². The highest BCUT2D eigenvalue weighted by molar-refractivity contribution is 6.30. The molecule has 2 nitrogen and oxygen atoms in total. The van der Waals surface area contributed by atoms with Crippen LogP contribution in [0, 0.1) is 6.92 Å². The molecule has 0 radical (unpaired) electrons. The number of rotatable bonds is 2. The summed E-state index contributed by atoms with van der Waals surface area (Å²) in [6.07, 6.45) is 0. The molecule has 0 spiro atoms. The molecule has 2 aromatic rings. The second-order valence-corrected chi connectivity index (χ2v) is 4.22. The highest BCUT2D eigenvalue weighted by atomic mass is 35.5. The molecule has 0 saturated carbocycles. The van der Waals surface area contributed by atoms with Gasteiger partial charge in [-0.2, -0.15) is 5.10 Å². The minimum atomic E-state index is 0.655. The van der Waals surface area contributed by atoms with Gasteiger partial charge in [0.1, 0.15) is 5.15 Å². The fourth-order valence-electron chi connectivity index (χ4n) is 1.39. The van der Waals surface area contributed by atoms with Crippen LogP contribution in [0.2, 0.25) is 10.2 Å². The largest absolute Gasteiger partial charge is 0.249 e. The van der Waals surface area contributed by atoms with E-state index < -0.39 is 0 Å². The van der Waals surface area contributed by atoms with Gasteiger partial charge in [0.2, 0.25) is 0 Å². The molecular weight excluding hydrogens is 231 g/mol. The molecule has 0 bridgehead atoms. The van der Waals surface area contributed by atoms with Crippen LogP contribution in [0.1, 0.15) is 11.3 Å². The van der Waals surface area contributed by atoms with Gasteiger partial charge >= 0.3 is 0 Å². The predicted molar refractivity (Wildman–Crippen MR) is 62.5 cm³/mol. The number of benzene rings is 1. The Balaban J connectivity index is 2.21. The summed E-state index contributed by atoms with van der Waals surface area (Å²) < 4.78 is 1.76. The Labute approximate surface area is 98.4 Å². The van der Waals surface area contributed by atoms with Crippen molar-refractivity contribution in [3.63, 3.8) is 0 Å². The molecule has 1 aromatic heterocycles. The van der Waals surface area contributed by atoms with E-state index in [0.29, 0.717) is 11.7 Å². The Morgan fingerprint density at radius 2 is 1.87 bits per heavy atom. The highest BCUT2D eigenvalue weighted by Gasteiger charge is 2.03. The molecule has 0 N–H and O–H groups in total. The Bertz CT molecular complexity index is 460. The molecule has 4 heteroatoms. The van der Waals surface area contributed by atoms with Gasteiger partial charge in [-0.3, -0.25) is 0 Å². The minimum Gasteiger partial charge on any atom is -0.249 e. The van der Waals surface area contributed by atoms with E-state index >= 15 is 0 Å². The van der Waals surface area contributed by atoms with Gasteiger partial charge in [0.05, 0.1) is 12.2 Å². The zero-order chi connectivity index (χ0) is 10.8. The van der Waals surface area contributed by atoms with Crippen LogP contribution in [-0.2, 0) is 6.54 Å². The molecule has 1 heterocycles. The Morgan fingerprint density at radius 1 is 1.20 bits per heavy atom. The molecule has 0 fully saturated rings. The van der Waals surface area contributed by atoms with Crippen molar-refractivity contribution in [3.05, 3.63) is 51.8 Å². The molecule has 15 heavy (non-hydrogen) atoms. The van der Waals surface area contributed by atoms with E-state index in [2.05, 4.69) is 5.10 Å². The first kappa shape index (κ1) is 10.5. The number of aryl methyl sites for hydroxylation is 1. The van der Waals surface area contributed by atoms with E-state index in [1.165, 1.54) is 0 Å². The lowest BCUT2D eigenvalue weighted by Gasteiger charge is -2.03. The normalized spacial score (nSPS) is 10.6. The number of hydrogen-bond donors (Lipinski definition) is 0. The lowest BCUT2D eigenvalue weighted by Crippen LogP contribution is -2.01. The van der Waals surface area contributed by atoms with E-state index in [-0.39, 0.29) is 0 Å². The Morgan fingerprint density at radius 3 is 2.40 bits per heavy atom. The first-order chi connectivity index (χ1) is 7.15. The quantitative estimate of drug-likeness (QED) is 0.786. The van der Waals surface area contributed by atoms with Crippen LogP contribution >= 0.6 is 23.2 Å². The summed E-state index contributed by atoms with van der Waals surface area (Å²) in [5, 5.41) is 5.67. The smallest absolute Gasteiger partial charge is 0.127 e. The van der Waals surface area contributed by atoms with Crippen LogP contribution in [0.3, 0.4) is 0 Å². The van der Waals surface area contributed by atoms with Gasteiger partial charge in [0.15, 0.2) is 0 Å². The fourth-order valence-corrected chi connectivity index (χ4v) is 1.77. The first-order valence-corrected chi connectivity index (χ1v) is 5.35. The predicted octanol–water partition coefficient (Wildman–Crippen LogP) is 3.55. The van der Waals surface area contributed by atoms with Crippen molar-refractivity contribution in [1.29, 1.82) is 0 Å². The van der Waals surface area contributed by atoms with Crippen LogP contribution < -0.4 is 0 Å². The fraction of sp³-hybridized carbons (Fsp3) is 0.182. The minimum absolute atomic E-state index is 0.655. The van der Waals surface area contributed by atoms with Crippen molar-refractivity contribution in [1.82, 2.24) is 9.78 Å². The van der Waals surface area contributed by atoms with E-state index in [0.717, 1.165) is 16.3 Å². The van der Waals surface area contributed by atoms with Crippen LogP contribution in [0.25, 0.3) is 0 Å². The van der Waals surface area contributed by atoms with E-state index in [9.17, 15) is 0 Å². The first-order valence-electron chi connectivity index (χ1n) is 4.59. The van der Waals surface area contributed by atoms with E-state index in [1.54, 1.807) is 4.68 Å². The number of aromatic nitrogens is 2. The summed E-state index contributed by atoms with van der Waals surface area (Å²) in [4.78, 5) is 0. The summed E-state index contributed by atoms with van der Waals surface area (Å²) in [6, 6.07) is 9.51. The second-order valence-electron chi connectivity index (χ2n) is 3.39. The number of hydrogen-bond acceptors (Lipinski definition) is 1. The summed E-state index contributed by atoms with van der Waals surface area (Å²) in [7, 11) is 0.